The van der Waals surface area contributed by atoms with Gasteiger partial charge in [0.25, 0.3) is 0 Å². The van der Waals surface area contributed by atoms with Gasteiger partial charge in [0, 0.05) is 17.5 Å². The van der Waals surface area contributed by atoms with Gasteiger partial charge in [-0.1, -0.05) is 30.0 Å². The number of pyridine rings is 1. The summed E-state index contributed by atoms with van der Waals surface area (Å²) >= 11 is 1.31. The van der Waals surface area contributed by atoms with Crippen molar-refractivity contribution in [1.82, 2.24) is 14.5 Å². The third kappa shape index (κ3) is 4.96. The molecule has 0 spiro atoms. The Kier molecular flexibility index (Phi) is 6.66. The Labute approximate surface area is 184 Å². The molecular formula is C23H24N4O3S. The lowest BCUT2D eigenvalue weighted by atomic mass is 9.97. The molecule has 0 radical (unpaired) electrons. The molecule has 0 fully saturated rings. The van der Waals surface area contributed by atoms with Crippen molar-refractivity contribution >= 4 is 23.4 Å². The van der Waals surface area contributed by atoms with E-state index in [1.807, 2.05) is 30.3 Å². The van der Waals surface area contributed by atoms with Crippen LogP contribution in [0.2, 0.25) is 0 Å². The van der Waals surface area contributed by atoms with Crippen LogP contribution in [0.4, 0.5) is 5.69 Å². The molecule has 0 saturated heterocycles. The number of carbonyl (C=O) groups excluding carboxylic acids is 1. The Morgan fingerprint density at radius 2 is 1.97 bits per heavy atom. The first-order valence-electron chi connectivity index (χ1n) is 10.2. The number of benzene rings is 1. The second-order valence-electron chi connectivity index (χ2n) is 7.28. The minimum atomic E-state index is -0.293. The van der Waals surface area contributed by atoms with Crippen LogP contribution in [0.1, 0.15) is 29.8 Å². The summed E-state index contributed by atoms with van der Waals surface area (Å²) in [5, 5.41) is 3.53. The SMILES string of the molecule is COc1ccccc1NC(=O)CSc1nc(=O)n(Cc2ccccn2)c2c1CCCC2. The number of nitrogens with one attached hydrogen (secondary N) is 1. The summed E-state index contributed by atoms with van der Waals surface area (Å²) in [5.74, 6) is 0.605. The number of para-hydroxylation sites is 2. The molecule has 0 atom stereocenters. The van der Waals surface area contributed by atoms with E-state index in [1.165, 1.54) is 11.8 Å². The highest BCUT2D eigenvalue weighted by atomic mass is 32.2. The van der Waals surface area contributed by atoms with Crippen LogP contribution < -0.4 is 15.7 Å². The van der Waals surface area contributed by atoms with Crippen molar-refractivity contribution in [2.24, 2.45) is 0 Å². The first kappa shape index (κ1) is 21.1. The number of nitrogens with zero attached hydrogens (tertiary/aromatic N) is 3. The molecule has 0 aliphatic heterocycles. The van der Waals surface area contributed by atoms with Crippen molar-refractivity contribution in [2.75, 3.05) is 18.2 Å². The highest BCUT2D eigenvalue weighted by molar-refractivity contribution is 8.00. The number of aromatic nitrogens is 3. The number of carbonyl (C=O) groups is 1. The first-order chi connectivity index (χ1) is 15.2. The Hall–Kier alpha value is -3.13. The number of anilines is 1. The molecule has 0 saturated carbocycles. The van der Waals surface area contributed by atoms with Crippen LogP contribution in [0.3, 0.4) is 0 Å². The molecule has 31 heavy (non-hydrogen) atoms. The summed E-state index contributed by atoms with van der Waals surface area (Å²) in [5.41, 5.74) is 3.26. The van der Waals surface area contributed by atoms with E-state index in [1.54, 1.807) is 30.0 Å². The Balaban J connectivity index is 1.53. The van der Waals surface area contributed by atoms with Gasteiger partial charge in [-0.15, -0.1) is 0 Å². The number of ether oxygens (including phenoxy) is 1. The maximum absolute atomic E-state index is 12.8. The maximum atomic E-state index is 12.8. The average molecular weight is 437 g/mol. The van der Waals surface area contributed by atoms with Crippen LogP contribution >= 0.6 is 11.8 Å². The Morgan fingerprint density at radius 3 is 2.77 bits per heavy atom. The molecule has 7 nitrogen and oxygen atoms in total. The minimum Gasteiger partial charge on any atom is -0.495 e. The van der Waals surface area contributed by atoms with Crippen LogP contribution in [0, 0.1) is 0 Å². The summed E-state index contributed by atoms with van der Waals surface area (Å²) in [6.45, 7) is 0.411. The number of amides is 1. The molecule has 2 aromatic heterocycles. The van der Waals surface area contributed by atoms with Crippen molar-refractivity contribution < 1.29 is 9.53 Å². The number of hydrogen-bond donors (Lipinski definition) is 1. The molecule has 0 unspecified atom stereocenters. The first-order valence-corrected chi connectivity index (χ1v) is 11.2. The largest absolute Gasteiger partial charge is 0.495 e. The third-order valence-electron chi connectivity index (χ3n) is 5.22. The topological polar surface area (TPSA) is 86.1 Å². The lowest BCUT2D eigenvalue weighted by molar-refractivity contribution is -0.113. The maximum Gasteiger partial charge on any atom is 0.349 e. The molecule has 1 amide bonds. The van der Waals surface area contributed by atoms with Crippen LogP contribution in [0.25, 0.3) is 0 Å². The van der Waals surface area contributed by atoms with Gasteiger partial charge in [-0.2, -0.15) is 4.98 Å². The lowest BCUT2D eigenvalue weighted by Crippen LogP contribution is -2.31. The zero-order chi connectivity index (χ0) is 21.6. The van der Waals surface area contributed by atoms with Crippen molar-refractivity contribution in [2.45, 2.75) is 37.3 Å². The van der Waals surface area contributed by atoms with E-state index in [4.69, 9.17) is 4.74 Å². The van der Waals surface area contributed by atoms with E-state index in [0.717, 1.165) is 42.6 Å². The fourth-order valence-electron chi connectivity index (χ4n) is 3.75. The van der Waals surface area contributed by atoms with E-state index in [0.29, 0.717) is 23.0 Å². The number of hydrogen-bond acceptors (Lipinski definition) is 6. The Morgan fingerprint density at radius 1 is 1.16 bits per heavy atom. The van der Waals surface area contributed by atoms with Gasteiger partial charge in [-0.3, -0.25) is 14.3 Å². The van der Waals surface area contributed by atoms with Gasteiger partial charge in [-0.05, 0) is 49.9 Å². The second-order valence-corrected chi connectivity index (χ2v) is 8.24. The molecule has 1 aromatic carbocycles. The van der Waals surface area contributed by atoms with Gasteiger partial charge in [0.1, 0.15) is 10.8 Å². The van der Waals surface area contributed by atoms with E-state index < -0.39 is 0 Å². The van der Waals surface area contributed by atoms with Crippen molar-refractivity contribution in [3.05, 3.63) is 76.1 Å². The second kappa shape index (κ2) is 9.78. The van der Waals surface area contributed by atoms with Gasteiger partial charge < -0.3 is 10.1 Å². The molecule has 160 valence electrons. The summed E-state index contributed by atoms with van der Waals surface area (Å²) in [4.78, 5) is 34.0. The fraction of sp³-hybridized carbons (Fsp3) is 0.304. The molecule has 2 heterocycles. The van der Waals surface area contributed by atoms with Crippen LogP contribution in [0.5, 0.6) is 5.75 Å². The quantitative estimate of drug-likeness (QED) is 0.452. The molecule has 8 heteroatoms. The molecule has 1 aliphatic rings. The van der Waals surface area contributed by atoms with Crippen molar-refractivity contribution in [3.8, 4) is 5.75 Å². The highest BCUT2D eigenvalue weighted by Gasteiger charge is 2.21. The van der Waals surface area contributed by atoms with Gasteiger partial charge in [0.2, 0.25) is 5.91 Å². The van der Waals surface area contributed by atoms with Crippen LogP contribution in [-0.2, 0) is 24.2 Å². The summed E-state index contributed by atoms with van der Waals surface area (Å²) in [7, 11) is 1.57. The van der Waals surface area contributed by atoms with E-state index >= 15 is 0 Å². The summed E-state index contributed by atoms with van der Waals surface area (Å²) < 4.78 is 7.01. The molecule has 4 rings (SSSR count). The molecule has 1 aliphatic carbocycles. The predicted molar refractivity (Wildman–Crippen MR) is 121 cm³/mol. The zero-order valence-electron chi connectivity index (χ0n) is 17.3. The number of fused-ring (bicyclic) bond motifs is 1. The molecule has 0 bridgehead atoms. The monoisotopic (exact) mass is 436 g/mol. The molecular weight excluding hydrogens is 412 g/mol. The van der Waals surface area contributed by atoms with E-state index in [-0.39, 0.29) is 17.3 Å². The van der Waals surface area contributed by atoms with Crippen LogP contribution in [0.15, 0.2) is 58.5 Å². The molecule has 3 aromatic rings. The minimum absolute atomic E-state index is 0.168. The smallest absolute Gasteiger partial charge is 0.349 e. The Bertz CT molecular complexity index is 1130. The van der Waals surface area contributed by atoms with E-state index in [9.17, 15) is 9.59 Å². The van der Waals surface area contributed by atoms with Gasteiger partial charge in [0.15, 0.2) is 0 Å². The third-order valence-corrected chi connectivity index (χ3v) is 6.24. The predicted octanol–water partition coefficient (Wildman–Crippen LogP) is 3.30. The van der Waals surface area contributed by atoms with Gasteiger partial charge in [-0.25, -0.2) is 4.79 Å². The number of rotatable bonds is 7. The normalized spacial score (nSPS) is 12.8. The lowest BCUT2D eigenvalue weighted by Gasteiger charge is -2.22. The number of methoxy groups -OCH3 is 1. The summed E-state index contributed by atoms with van der Waals surface area (Å²) in [6, 6.07) is 13.0. The van der Waals surface area contributed by atoms with Gasteiger partial charge >= 0.3 is 5.69 Å². The standard InChI is InChI=1S/C23H24N4O3S/c1-30-20-12-5-3-10-18(20)25-21(28)15-31-22-17-9-2-4-11-19(17)27(23(29)26-22)14-16-8-6-7-13-24-16/h3,5-8,10,12-13H,2,4,9,11,14-15H2,1H3,(H,25,28). The average Bonchev–Trinajstić information content (AvgIpc) is 2.81. The van der Waals surface area contributed by atoms with Gasteiger partial charge in [0.05, 0.1) is 30.8 Å². The van der Waals surface area contributed by atoms with Crippen molar-refractivity contribution in [1.29, 1.82) is 0 Å². The molecule has 1 N–H and O–H groups in total. The van der Waals surface area contributed by atoms with E-state index in [2.05, 4.69) is 15.3 Å². The zero-order valence-corrected chi connectivity index (χ0v) is 18.2. The number of thioether (sulfide) groups is 1. The summed E-state index contributed by atoms with van der Waals surface area (Å²) in [6.07, 6.45) is 5.52. The van der Waals surface area contributed by atoms with Crippen molar-refractivity contribution in [3.63, 3.8) is 0 Å². The fourth-order valence-corrected chi connectivity index (χ4v) is 4.63. The van der Waals surface area contributed by atoms with Crippen LogP contribution in [-0.4, -0.2) is 33.3 Å². The highest BCUT2D eigenvalue weighted by Crippen LogP contribution is 2.29.